The lowest BCUT2D eigenvalue weighted by molar-refractivity contribution is -0.118. The van der Waals surface area contributed by atoms with Crippen LogP contribution >= 0.6 is 0 Å². The Morgan fingerprint density at radius 1 is 1.40 bits per heavy atom. The molecule has 0 aromatic heterocycles. The van der Waals surface area contributed by atoms with Crippen LogP contribution in [0, 0.1) is 5.41 Å². The third-order valence-electron chi connectivity index (χ3n) is 4.03. The number of aliphatic hydroxyl groups is 2. The maximum absolute atomic E-state index is 11.4. The van der Waals surface area contributed by atoms with Gasteiger partial charge in [0.1, 0.15) is 0 Å². The highest BCUT2D eigenvalue weighted by Gasteiger charge is 2.50. The summed E-state index contributed by atoms with van der Waals surface area (Å²) in [5.41, 5.74) is -0.607. The van der Waals surface area contributed by atoms with Gasteiger partial charge in [-0.15, -0.1) is 0 Å². The molecule has 0 saturated heterocycles. The highest BCUT2D eigenvalue weighted by Crippen LogP contribution is 2.50. The third kappa shape index (κ3) is 1.54. The molecule has 0 aliphatic heterocycles. The van der Waals surface area contributed by atoms with Crippen LogP contribution in [-0.2, 0) is 4.79 Å². The lowest BCUT2D eigenvalue weighted by Gasteiger charge is -2.49. The molecule has 3 nitrogen and oxygen atoms in total. The second-order valence-electron chi connectivity index (χ2n) is 5.27. The maximum Gasteiger partial charge on any atom is 0.155 e. The Morgan fingerprint density at radius 2 is 2.07 bits per heavy atom. The van der Waals surface area contributed by atoms with Gasteiger partial charge < -0.3 is 10.2 Å². The zero-order chi connectivity index (χ0) is 11.3. The standard InChI is InChI=1S/C12H18O3/c1-11-5-3-8(13)7-9(11)12(2,15)6-4-10(11)14/h7,10,14-15H,3-6H2,1-2H3. The van der Waals surface area contributed by atoms with Gasteiger partial charge in [-0.1, -0.05) is 6.92 Å². The molecule has 2 N–H and O–H groups in total. The molecule has 3 unspecified atom stereocenters. The van der Waals surface area contributed by atoms with Gasteiger partial charge in [0, 0.05) is 11.8 Å². The Kier molecular flexibility index (Phi) is 2.28. The molecule has 3 heteroatoms. The van der Waals surface area contributed by atoms with E-state index in [1.165, 1.54) is 0 Å². The van der Waals surface area contributed by atoms with Gasteiger partial charge >= 0.3 is 0 Å². The zero-order valence-corrected chi connectivity index (χ0v) is 9.29. The van der Waals surface area contributed by atoms with Crippen molar-refractivity contribution in [1.29, 1.82) is 0 Å². The Labute approximate surface area is 89.8 Å². The smallest absolute Gasteiger partial charge is 0.155 e. The fourth-order valence-electron chi connectivity index (χ4n) is 2.90. The van der Waals surface area contributed by atoms with E-state index in [4.69, 9.17) is 0 Å². The number of aliphatic hydroxyl groups excluding tert-OH is 1. The summed E-state index contributed by atoms with van der Waals surface area (Å²) in [5.74, 6) is 0.0665. The largest absolute Gasteiger partial charge is 0.392 e. The predicted octanol–water partition coefficient (Wildman–Crippen LogP) is 1.19. The fourth-order valence-corrected chi connectivity index (χ4v) is 2.90. The van der Waals surface area contributed by atoms with Crippen molar-refractivity contribution in [3.8, 4) is 0 Å². The number of carbonyl (C=O) groups excluding carboxylic acids is 1. The molecule has 0 aromatic rings. The van der Waals surface area contributed by atoms with E-state index in [1.807, 2.05) is 6.92 Å². The molecule has 0 heterocycles. The first kappa shape index (κ1) is 10.8. The van der Waals surface area contributed by atoms with Crippen LogP contribution in [0.5, 0.6) is 0 Å². The quantitative estimate of drug-likeness (QED) is 0.631. The van der Waals surface area contributed by atoms with E-state index in [9.17, 15) is 15.0 Å². The summed E-state index contributed by atoms with van der Waals surface area (Å²) in [6.07, 6.45) is 3.38. The summed E-state index contributed by atoms with van der Waals surface area (Å²) in [5, 5.41) is 20.3. The van der Waals surface area contributed by atoms with Crippen molar-refractivity contribution in [2.45, 2.75) is 51.2 Å². The maximum atomic E-state index is 11.4. The lowest BCUT2D eigenvalue weighted by Crippen LogP contribution is -2.50. The predicted molar refractivity (Wildman–Crippen MR) is 56.3 cm³/mol. The van der Waals surface area contributed by atoms with E-state index >= 15 is 0 Å². The number of hydrogen-bond acceptors (Lipinski definition) is 3. The van der Waals surface area contributed by atoms with Gasteiger partial charge in [0.25, 0.3) is 0 Å². The fraction of sp³-hybridized carbons (Fsp3) is 0.750. The molecule has 0 radical (unpaired) electrons. The lowest BCUT2D eigenvalue weighted by atomic mass is 9.59. The number of rotatable bonds is 0. The Bertz CT molecular complexity index is 330. The SMILES string of the molecule is CC1(O)CCC(O)C2(C)CCC(=O)C=C12. The molecule has 2 aliphatic carbocycles. The normalized spacial score (nSPS) is 46.0. The van der Waals surface area contributed by atoms with Crippen molar-refractivity contribution in [3.63, 3.8) is 0 Å². The summed E-state index contributed by atoms with van der Waals surface area (Å²) in [4.78, 5) is 11.4. The highest BCUT2D eigenvalue weighted by atomic mass is 16.3. The Hall–Kier alpha value is -0.670. The van der Waals surface area contributed by atoms with Crippen molar-refractivity contribution < 1.29 is 15.0 Å². The summed E-state index contributed by atoms with van der Waals surface area (Å²) >= 11 is 0. The van der Waals surface area contributed by atoms with E-state index in [0.717, 1.165) is 5.57 Å². The zero-order valence-electron chi connectivity index (χ0n) is 9.29. The summed E-state index contributed by atoms with van der Waals surface area (Å²) in [6.45, 7) is 3.69. The number of fused-ring (bicyclic) bond motifs is 1. The molecule has 0 aromatic carbocycles. The van der Waals surface area contributed by atoms with E-state index in [2.05, 4.69) is 0 Å². The van der Waals surface area contributed by atoms with Crippen molar-refractivity contribution in [2.75, 3.05) is 0 Å². The van der Waals surface area contributed by atoms with Gasteiger partial charge in [-0.05, 0) is 37.8 Å². The molecule has 0 bridgehead atoms. The van der Waals surface area contributed by atoms with Crippen LogP contribution < -0.4 is 0 Å². The molecule has 1 saturated carbocycles. The minimum Gasteiger partial charge on any atom is -0.392 e. The monoisotopic (exact) mass is 210 g/mol. The van der Waals surface area contributed by atoms with Crippen molar-refractivity contribution in [1.82, 2.24) is 0 Å². The molecule has 84 valence electrons. The average molecular weight is 210 g/mol. The summed E-state index contributed by atoms with van der Waals surface area (Å²) in [6, 6.07) is 0. The first-order valence-corrected chi connectivity index (χ1v) is 5.52. The van der Waals surface area contributed by atoms with Gasteiger partial charge in [-0.3, -0.25) is 4.79 Å². The first-order chi connectivity index (χ1) is 6.86. The highest BCUT2D eigenvalue weighted by molar-refractivity contribution is 5.92. The topological polar surface area (TPSA) is 57.5 Å². The van der Waals surface area contributed by atoms with Crippen LogP contribution in [-0.4, -0.2) is 27.7 Å². The molecule has 0 amide bonds. The third-order valence-corrected chi connectivity index (χ3v) is 4.03. The van der Waals surface area contributed by atoms with Gasteiger partial charge in [0.15, 0.2) is 5.78 Å². The molecule has 3 atom stereocenters. The van der Waals surface area contributed by atoms with Crippen molar-refractivity contribution in [2.24, 2.45) is 5.41 Å². The molecular formula is C12H18O3. The van der Waals surface area contributed by atoms with E-state index in [1.54, 1.807) is 13.0 Å². The Balaban J connectivity index is 2.48. The average Bonchev–Trinajstić information content (AvgIpc) is 2.16. The molecule has 15 heavy (non-hydrogen) atoms. The van der Waals surface area contributed by atoms with Gasteiger partial charge in [-0.25, -0.2) is 0 Å². The minimum atomic E-state index is -0.927. The second kappa shape index (κ2) is 3.16. The van der Waals surface area contributed by atoms with Crippen LogP contribution in [0.15, 0.2) is 11.6 Å². The van der Waals surface area contributed by atoms with Gasteiger partial charge in [0.05, 0.1) is 11.7 Å². The van der Waals surface area contributed by atoms with E-state index in [0.29, 0.717) is 25.7 Å². The van der Waals surface area contributed by atoms with Crippen LogP contribution in [0.1, 0.15) is 39.5 Å². The molecular weight excluding hydrogens is 192 g/mol. The van der Waals surface area contributed by atoms with Crippen LogP contribution in [0.4, 0.5) is 0 Å². The number of allylic oxidation sites excluding steroid dienone is 1. The number of hydrogen-bond donors (Lipinski definition) is 2. The molecule has 2 rings (SSSR count). The number of carbonyl (C=O) groups is 1. The number of ketones is 1. The van der Waals surface area contributed by atoms with E-state index < -0.39 is 17.1 Å². The second-order valence-corrected chi connectivity index (χ2v) is 5.27. The van der Waals surface area contributed by atoms with Crippen LogP contribution in [0.2, 0.25) is 0 Å². The molecule has 0 spiro atoms. The van der Waals surface area contributed by atoms with Crippen LogP contribution in [0.25, 0.3) is 0 Å². The Morgan fingerprint density at radius 3 is 2.73 bits per heavy atom. The van der Waals surface area contributed by atoms with Gasteiger partial charge in [0.2, 0.25) is 0 Å². The summed E-state index contributed by atoms with van der Waals surface area (Å²) in [7, 11) is 0. The van der Waals surface area contributed by atoms with Crippen molar-refractivity contribution in [3.05, 3.63) is 11.6 Å². The molecule has 2 aliphatic rings. The minimum absolute atomic E-state index is 0.0665. The van der Waals surface area contributed by atoms with Crippen LogP contribution in [0.3, 0.4) is 0 Å². The van der Waals surface area contributed by atoms with E-state index in [-0.39, 0.29) is 5.78 Å². The van der Waals surface area contributed by atoms with Gasteiger partial charge in [-0.2, -0.15) is 0 Å². The first-order valence-electron chi connectivity index (χ1n) is 5.52. The summed E-state index contributed by atoms with van der Waals surface area (Å²) < 4.78 is 0. The molecule has 1 fully saturated rings. The van der Waals surface area contributed by atoms with Crippen molar-refractivity contribution >= 4 is 5.78 Å².